The van der Waals surface area contributed by atoms with E-state index < -0.39 is 0 Å². The topological polar surface area (TPSA) is 33.1 Å². The molecule has 0 aromatic carbocycles. The normalized spacial score (nSPS) is 27.9. The minimum atomic E-state index is 0.588. The Hall–Kier alpha value is -1.03. The standard InChI is InChI=1S/C11H20N4/c1-9-5-4-6-10(2)15(9)13-11-12-7-8-14(11)3/h7-10H,4-6H2,1-3H3,(H,12,13). The van der Waals surface area contributed by atoms with E-state index in [9.17, 15) is 0 Å². The van der Waals surface area contributed by atoms with Gasteiger partial charge in [-0.3, -0.25) is 5.43 Å². The number of hydrazine groups is 1. The zero-order valence-electron chi connectivity index (χ0n) is 9.77. The fraction of sp³-hybridized carbons (Fsp3) is 0.727. The summed E-state index contributed by atoms with van der Waals surface area (Å²) in [5.41, 5.74) is 3.41. The van der Waals surface area contributed by atoms with Gasteiger partial charge in [-0.15, -0.1) is 0 Å². The Morgan fingerprint density at radius 1 is 1.33 bits per heavy atom. The molecule has 4 heteroatoms. The first-order valence-electron chi connectivity index (χ1n) is 5.71. The van der Waals surface area contributed by atoms with Gasteiger partial charge in [-0.2, -0.15) is 0 Å². The second-order valence-electron chi connectivity index (χ2n) is 4.51. The van der Waals surface area contributed by atoms with E-state index in [1.807, 2.05) is 24.0 Å². The molecule has 1 aromatic heterocycles. The molecule has 1 saturated heterocycles. The van der Waals surface area contributed by atoms with Gasteiger partial charge in [-0.25, -0.2) is 9.99 Å². The van der Waals surface area contributed by atoms with Gasteiger partial charge in [0.25, 0.3) is 0 Å². The molecule has 0 saturated carbocycles. The monoisotopic (exact) mass is 208 g/mol. The third kappa shape index (κ3) is 2.15. The van der Waals surface area contributed by atoms with Gasteiger partial charge in [0, 0.05) is 31.5 Å². The first kappa shape index (κ1) is 10.5. The van der Waals surface area contributed by atoms with Gasteiger partial charge in [-0.1, -0.05) is 6.42 Å². The van der Waals surface area contributed by atoms with E-state index in [1.165, 1.54) is 19.3 Å². The van der Waals surface area contributed by atoms with Gasteiger partial charge < -0.3 is 4.57 Å². The zero-order valence-corrected chi connectivity index (χ0v) is 9.77. The third-order valence-corrected chi connectivity index (χ3v) is 3.24. The first-order chi connectivity index (χ1) is 7.18. The number of anilines is 1. The Balaban J connectivity index is 2.06. The quantitative estimate of drug-likeness (QED) is 0.807. The second kappa shape index (κ2) is 4.23. The summed E-state index contributed by atoms with van der Waals surface area (Å²) >= 11 is 0. The zero-order chi connectivity index (χ0) is 10.8. The summed E-state index contributed by atoms with van der Waals surface area (Å²) in [6.45, 7) is 4.54. The average Bonchev–Trinajstić information content (AvgIpc) is 2.58. The van der Waals surface area contributed by atoms with E-state index >= 15 is 0 Å². The summed E-state index contributed by atoms with van der Waals surface area (Å²) in [6, 6.07) is 1.18. The molecule has 1 aliphatic heterocycles. The van der Waals surface area contributed by atoms with Crippen molar-refractivity contribution >= 4 is 5.95 Å². The van der Waals surface area contributed by atoms with Crippen molar-refractivity contribution in [1.29, 1.82) is 0 Å². The Morgan fingerprint density at radius 3 is 2.53 bits per heavy atom. The summed E-state index contributed by atoms with van der Waals surface area (Å²) in [6.07, 6.45) is 7.65. The highest BCUT2D eigenvalue weighted by atomic mass is 15.6. The smallest absolute Gasteiger partial charge is 0.217 e. The van der Waals surface area contributed by atoms with Crippen LogP contribution >= 0.6 is 0 Å². The summed E-state index contributed by atoms with van der Waals surface area (Å²) in [5, 5.41) is 2.33. The second-order valence-corrected chi connectivity index (χ2v) is 4.51. The van der Waals surface area contributed by atoms with Crippen LogP contribution in [-0.4, -0.2) is 26.6 Å². The molecule has 0 bridgehead atoms. The molecular weight excluding hydrogens is 188 g/mol. The molecule has 2 rings (SSSR count). The number of hydrogen-bond acceptors (Lipinski definition) is 3. The molecule has 0 spiro atoms. The summed E-state index contributed by atoms with van der Waals surface area (Å²) in [7, 11) is 2.01. The van der Waals surface area contributed by atoms with Crippen LogP contribution in [0.15, 0.2) is 12.4 Å². The molecule has 0 radical (unpaired) electrons. The van der Waals surface area contributed by atoms with Gasteiger partial charge in [0.15, 0.2) is 0 Å². The van der Waals surface area contributed by atoms with Crippen LogP contribution < -0.4 is 5.43 Å². The third-order valence-electron chi connectivity index (χ3n) is 3.24. The number of nitrogens with one attached hydrogen (secondary N) is 1. The number of aromatic nitrogens is 2. The fourth-order valence-corrected chi connectivity index (χ4v) is 2.23. The Labute approximate surface area is 91.3 Å². The number of nitrogens with zero attached hydrogens (tertiary/aromatic N) is 3. The maximum atomic E-state index is 4.29. The van der Waals surface area contributed by atoms with E-state index in [0.717, 1.165) is 5.95 Å². The molecule has 1 aromatic rings. The van der Waals surface area contributed by atoms with Crippen LogP contribution in [0, 0.1) is 0 Å². The van der Waals surface area contributed by atoms with Crippen molar-refractivity contribution in [3.63, 3.8) is 0 Å². The van der Waals surface area contributed by atoms with Crippen LogP contribution in [0.1, 0.15) is 33.1 Å². The minimum absolute atomic E-state index is 0.588. The lowest BCUT2D eigenvalue weighted by atomic mass is 10.00. The lowest BCUT2D eigenvalue weighted by molar-refractivity contribution is 0.134. The highest BCUT2D eigenvalue weighted by molar-refractivity contribution is 5.24. The summed E-state index contributed by atoms with van der Waals surface area (Å²) in [4.78, 5) is 4.29. The van der Waals surface area contributed by atoms with Crippen LogP contribution in [0.5, 0.6) is 0 Å². The fourth-order valence-electron chi connectivity index (χ4n) is 2.23. The average molecular weight is 208 g/mol. The van der Waals surface area contributed by atoms with Gasteiger partial charge in [0.2, 0.25) is 5.95 Å². The van der Waals surface area contributed by atoms with Crippen molar-refractivity contribution in [3.05, 3.63) is 12.4 Å². The largest absolute Gasteiger partial charge is 0.320 e. The SMILES string of the molecule is CC1CCCC(C)N1Nc1nccn1C. The Bertz CT molecular complexity index is 310. The molecule has 2 unspecified atom stereocenters. The molecule has 1 aliphatic rings. The van der Waals surface area contributed by atoms with E-state index in [2.05, 4.69) is 29.3 Å². The maximum absolute atomic E-state index is 4.29. The van der Waals surface area contributed by atoms with Crippen molar-refractivity contribution in [1.82, 2.24) is 14.6 Å². The molecule has 2 atom stereocenters. The maximum Gasteiger partial charge on any atom is 0.217 e. The van der Waals surface area contributed by atoms with Gasteiger partial charge >= 0.3 is 0 Å². The molecule has 84 valence electrons. The van der Waals surface area contributed by atoms with Crippen molar-refractivity contribution in [2.24, 2.45) is 7.05 Å². The number of imidazole rings is 1. The molecule has 2 heterocycles. The number of piperidine rings is 1. The van der Waals surface area contributed by atoms with Crippen molar-refractivity contribution < 1.29 is 0 Å². The van der Waals surface area contributed by atoms with Crippen molar-refractivity contribution in [2.45, 2.75) is 45.2 Å². The van der Waals surface area contributed by atoms with Crippen LogP contribution in [0.25, 0.3) is 0 Å². The summed E-state index contributed by atoms with van der Waals surface area (Å²) in [5.74, 6) is 0.926. The number of aryl methyl sites for hydroxylation is 1. The van der Waals surface area contributed by atoms with E-state index in [1.54, 1.807) is 0 Å². The Kier molecular flexibility index (Phi) is 2.95. The molecule has 0 amide bonds. The van der Waals surface area contributed by atoms with E-state index in [0.29, 0.717) is 12.1 Å². The van der Waals surface area contributed by atoms with Gasteiger partial charge in [0.1, 0.15) is 0 Å². The lowest BCUT2D eigenvalue weighted by Gasteiger charge is -2.38. The van der Waals surface area contributed by atoms with Crippen LogP contribution in [0.4, 0.5) is 5.95 Å². The lowest BCUT2D eigenvalue weighted by Crippen LogP contribution is -2.47. The van der Waals surface area contributed by atoms with E-state index in [-0.39, 0.29) is 0 Å². The predicted octanol–water partition coefficient (Wildman–Crippen LogP) is 2.01. The molecule has 4 nitrogen and oxygen atoms in total. The van der Waals surface area contributed by atoms with E-state index in [4.69, 9.17) is 0 Å². The summed E-state index contributed by atoms with van der Waals surface area (Å²) < 4.78 is 2.01. The molecule has 15 heavy (non-hydrogen) atoms. The van der Waals surface area contributed by atoms with Crippen LogP contribution in [-0.2, 0) is 7.05 Å². The van der Waals surface area contributed by atoms with Gasteiger partial charge in [-0.05, 0) is 26.7 Å². The van der Waals surface area contributed by atoms with Crippen LogP contribution in [0.2, 0.25) is 0 Å². The minimum Gasteiger partial charge on any atom is -0.320 e. The van der Waals surface area contributed by atoms with Crippen LogP contribution in [0.3, 0.4) is 0 Å². The predicted molar refractivity (Wildman–Crippen MR) is 61.4 cm³/mol. The molecule has 1 N–H and O–H groups in total. The molecule has 0 aliphatic carbocycles. The highest BCUT2D eigenvalue weighted by Gasteiger charge is 2.25. The van der Waals surface area contributed by atoms with Gasteiger partial charge in [0.05, 0.1) is 0 Å². The first-order valence-corrected chi connectivity index (χ1v) is 5.71. The molecular formula is C11H20N4. The Morgan fingerprint density at radius 2 is 2.00 bits per heavy atom. The number of hydrogen-bond donors (Lipinski definition) is 1. The van der Waals surface area contributed by atoms with Crippen molar-refractivity contribution in [2.75, 3.05) is 5.43 Å². The number of rotatable bonds is 2. The molecule has 1 fully saturated rings. The highest BCUT2D eigenvalue weighted by Crippen LogP contribution is 2.22. The van der Waals surface area contributed by atoms with Crippen molar-refractivity contribution in [3.8, 4) is 0 Å².